The van der Waals surface area contributed by atoms with E-state index in [9.17, 15) is 13.2 Å². The molecule has 1 N–H and O–H groups in total. The molecule has 2 rings (SSSR count). The summed E-state index contributed by atoms with van der Waals surface area (Å²) in [4.78, 5) is 12.3. The fourth-order valence-corrected chi connectivity index (χ4v) is 4.44. The number of benzene rings is 2. The van der Waals surface area contributed by atoms with Crippen molar-refractivity contribution in [2.24, 2.45) is 0 Å². The van der Waals surface area contributed by atoms with E-state index in [1.165, 1.54) is 10.6 Å². The van der Waals surface area contributed by atoms with E-state index >= 15 is 0 Å². The normalized spacial score (nSPS) is 11.9. The molecular formula is C22H30N2O3S2. The van der Waals surface area contributed by atoms with Crippen LogP contribution in [-0.2, 0) is 16.6 Å². The molecular weight excluding hydrogens is 404 g/mol. The number of anilines is 1. The van der Waals surface area contributed by atoms with Crippen LogP contribution in [0.25, 0.3) is 0 Å². The number of nitrogens with zero attached hydrogens (tertiary/aromatic N) is 1. The summed E-state index contributed by atoms with van der Waals surface area (Å²) in [6.45, 7) is 9.22. The number of nitrogens with one attached hydrogen (secondary N) is 1. The third-order valence-electron chi connectivity index (χ3n) is 4.32. The van der Waals surface area contributed by atoms with Crippen LogP contribution in [0.1, 0.15) is 42.3 Å². The summed E-state index contributed by atoms with van der Waals surface area (Å²) in [6, 6.07) is 14.4. The van der Waals surface area contributed by atoms with Crippen LogP contribution >= 0.6 is 11.8 Å². The van der Waals surface area contributed by atoms with E-state index in [2.05, 4.69) is 26.1 Å². The highest BCUT2D eigenvalue weighted by Gasteiger charge is 2.19. The van der Waals surface area contributed by atoms with Gasteiger partial charge in [-0.3, -0.25) is 9.10 Å². The Balaban J connectivity index is 2.09. The molecule has 0 aliphatic rings. The molecule has 5 nitrogen and oxygen atoms in total. The van der Waals surface area contributed by atoms with Gasteiger partial charge in [-0.15, -0.1) is 0 Å². The fraction of sp³-hybridized carbons (Fsp3) is 0.409. The van der Waals surface area contributed by atoms with E-state index in [1.807, 2.05) is 31.2 Å². The summed E-state index contributed by atoms with van der Waals surface area (Å²) in [7, 11) is -3.47. The summed E-state index contributed by atoms with van der Waals surface area (Å²) in [5.41, 5.74) is 3.02. The summed E-state index contributed by atoms with van der Waals surface area (Å²) in [5, 5.41) is 2.91. The van der Waals surface area contributed by atoms with E-state index in [-0.39, 0.29) is 17.2 Å². The smallest absolute Gasteiger partial charge is 0.251 e. The lowest BCUT2D eigenvalue weighted by Crippen LogP contribution is -2.30. The number of rotatable bonds is 8. The third kappa shape index (κ3) is 7.40. The van der Waals surface area contributed by atoms with Crippen molar-refractivity contribution in [2.45, 2.75) is 39.0 Å². The highest BCUT2D eigenvalue weighted by Crippen LogP contribution is 2.23. The zero-order valence-electron chi connectivity index (χ0n) is 17.7. The number of amides is 1. The minimum absolute atomic E-state index is 0.157. The molecule has 1 amide bonds. The zero-order chi connectivity index (χ0) is 21.7. The van der Waals surface area contributed by atoms with Gasteiger partial charge in [0.05, 0.1) is 18.5 Å². The lowest BCUT2D eigenvalue weighted by molar-refractivity contribution is 0.0956. The van der Waals surface area contributed by atoms with Gasteiger partial charge in [-0.25, -0.2) is 8.42 Å². The molecule has 2 aromatic rings. The first kappa shape index (κ1) is 23.3. The van der Waals surface area contributed by atoms with Crippen LogP contribution < -0.4 is 9.62 Å². The highest BCUT2D eigenvalue weighted by molar-refractivity contribution is 8.00. The molecule has 0 saturated heterocycles. The third-order valence-corrected chi connectivity index (χ3v) is 6.73. The molecule has 0 radical (unpaired) electrons. The van der Waals surface area contributed by atoms with Gasteiger partial charge in [-0.2, -0.15) is 11.8 Å². The van der Waals surface area contributed by atoms with Gasteiger partial charge >= 0.3 is 0 Å². The van der Waals surface area contributed by atoms with Gasteiger partial charge in [0.15, 0.2) is 0 Å². The molecule has 7 heteroatoms. The molecule has 0 aromatic heterocycles. The Hall–Kier alpha value is -1.99. The summed E-state index contributed by atoms with van der Waals surface area (Å²) in [6.07, 6.45) is 1.19. The Kier molecular flexibility index (Phi) is 7.77. The Morgan fingerprint density at radius 1 is 1.07 bits per heavy atom. The monoisotopic (exact) mass is 434 g/mol. The number of carbonyl (C=O) groups excluding carboxylic acids is 1. The summed E-state index contributed by atoms with van der Waals surface area (Å²) < 4.78 is 26.3. The average molecular weight is 435 g/mol. The predicted octanol–water partition coefficient (Wildman–Crippen LogP) is 4.22. The quantitative estimate of drug-likeness (QED) is 0.632. The van der Waals surface area contributed by atoms with Gasteiger partial charge in [0, 0.05) is 22.6 Å². The van der Waals surface area contributed by atoms with Crippen molar-refractivity contribution in [1.82, 2.24) is 5.32 Å². The van der Waals surface area contributed by atoms with Gasteiger partial charge in [0.1, 0.15) is 0 Å². The molecule has 0 unspecified atom stereocenters. The molecule has 0 heterocycles. The first-order chi connectivity index (χ1) is 13.5. The SMILES string of the molecule is Cc1ccccc1CN(c1ccc(C(=O)NCCSC(C)(C)C)cc1)S(C)(=O)=O. The zero-order valence-corrected chi connectivity index (χ0v) is 19.4. The van der Waals surface area contributed by atoms with Crippen LogP contribution in [0.3, 0.4) is 0 Å². The van der Waals surface area contributed by atoms with Crippen molar-refractivity contribution in [2.75, 3.05) is 22.9 Å². The lowest BCUT2D eigenvalue weighted by atomic mass is 10.1. The maximum absolute atomic E-state index is 12.4. The van der Waals surface area contributed by atoms with Crippen molar-refractivity contribution in [3.8, 4) is 0 Å². The standard InChI is InChI=1S/C22H30N2O3S2/c1-17-8-6-7-9-19(17)16-24(29(5,26)27)20-12-10-18(11-13-20)21(25)23-14-15-28-22(2,3)4/h6-13H,14-16H2,1-5H3,(H,23,25). The first-order valence-electron chi connectivity index (χ1n) is 9.52. The van der Waals surface area contributed by atoms with Crippen molar-refractivity contribution in [1.29, 1.82) is 0 Å². The van der Waals surface area contributed by atoms with Gasteiger partial charge in [-0.05, 0) is 42.3 Å². The van der Waals surface area contributed by atoms with Crippen molar-refractivity contribution < 1.29 is 13.2 Å². The average Bonchev–Trinajstić information content (AvgIpc) is 2.63. The lowest BCUT2D eigenvalue weighted by Gasteiger charge is -2.23. The predicted molar refractivity (Wildman–Crippen MR) is 123 cm³/mol. The van der Waals surface area contributed by atoms with E-state index in [0.717, 1.165) is 16.9 Å². The van der Waals surface area contributed by atoms with E-state index in [0.29, 0.717) is 17.8 Å². The second-order valence-electron chi connectivity index (χ2n) is 7.96. The topological polar surface area (TPSA) is 66.5 Å². The Bertz CT molecular complexity index is 933. The van der Waals surface area contributed by atoms with Gasteiger partial charge in [-0.1, -0.05) is 45.0 Å². The Morgan fingerprint density at radius 3 is 2.24 bits per heavy atom. The van der Waals surface area contributed by atoms with Gasteiger partial charge < -0.3 is 5.32 Å². The second-order valence-corrected chi connectivity index (χ2v) is 11.8. The first-order valence-corrected chi connectivity index (χ1v) is 12.4. The second kappa shape index (κ2) is 9.67. The molecule has 0 bridgehead atoms. The van der Waals surface area contributed by atoms with E-state index < -0.39 is 10.0 Å². The van der Waals surface area contributed by atoms with Crippen LogP contribution in [-0.4, -0.2) is 37.6 Å². The maximum atomic E-state index is 12.4. The van der Waals surface area contributed by atoms with Gasteiger partial charge in [0.2, 0.25) is 10.0 Å². The van der Waals surface area contributed by atoms with Crippen molar-refractivity contribution >= 4 is 33.4 Å². The number of thioether (sulfide) groups is 1. The van der Waals surface area contributed by atoms with E-state index in [1.54, 1.807) is 36.0 Å². The van der Waals surface area contributed by atoms with E-state index in [4.69, 9.17) is 0 Å². The molecule has 29 heavy (non-hydrogen) atoms. The Labute approximate surface area is 178 Å². The molecule has 0 aliphatic carbocycles. The fourth-order valence-electron chi connectivity index (χ4n) is 2.75. The highest BCUT2D eigenvalue weighted by atomic mass is 32.2. The van der Waals surface area contributed by atoms with Crippen LogP contribution in [0.15, 0.2) is 48.5 Å². The molecule has 0 saturated carbocycles. The molecule has 0 fully saturated rings. The number of sulfonamides is 1. The molecule has 0 spiro atoms. The number of aryl methyl sites for hydroxylation is 1. The summed E-state index contributed by atoms with van der Waals surface area (Å²) in [5.74, 6) is 0.682. The minimum atomic E-state index is -3.47. The molecule has 0 atom stereocenters. The largest absolute Gasteiger partial charge is 0.351 e. The molecule has 2 aromatic carbocycles. The van der Waals surface area contributed by atoms with Crippen LogP contribution in [0, 0.1) is 6.92 Å². The van der Waals surface area contributed by atoms with Crippen LogP contribution in [0.5, 0.6) is 0 Å². The van der Waals surface area contributed by atoms with Crippen LogP contribution in [0.4, 0.5) is 5.69 Å². The molecule has 0 aliphatic heterocycles. The number of hydrogen-bond donors (Lipinski definition) is 1. The number of hydrogen-bond acceptors (Lipinski definition) is 4. The van der Waals surface area contributed by atoms with Crippen molar-refractivity contribution in [3.05, 3.63) is 65.2 Å². The number of carbonyl (C=O) groups is 1. The van der Waals surface area contributed by atoms with Crippen LogP contribution in [0.2, 0.25) is 0 Å². The van der Waals surface area contributed by atoms with Crippen molar-refractivity contribution in [3.63, 3.8) is 0 Å². The van der Waals surface area contributed by atoms with Gasteiger partial charge in [0.25, 0.3) is 5.91 Å². The minimum Gasteiger partial charge on any atom is -0.351 e. The Morgan fingerprint density at radius 2 is 1.69 bits per heavy atom. The summed E-state index contributed by atoms with van der Waals surface area (Å²) >= 11 is 1.79. The maximum Gasteiger partial charge on any atom is 0.251 e. The molecule has 158 valence electrons.